The van der Waals surface area contributed by atoms with Gasteiger partial charge >= 0.3 is 0 Å². The topological polar surface area (TPSA) is 21.3 Å². The van der Waals surface area contributed by atoms with E-state index in [9.17, 15) is 4.39 Å². The fraction of sp³-hybridized carbons (Fsp3) is 0.500. The molecule has 1 aromatic carbocycles. The maximum atomic E-state index is 12.6. The third kappa shape index (κ3) is 3.29. The second-order valence-electron chi connectivity index (χ2n) is 3.89. The fourth-order valence-electron chi connectivity index (χ4n) is 1.77. The zero-order valence-electron chi connectivity index (χ0n) is 8.71. The first-order valence-electron chi connectivity index (χ1n) is 5.40. The molecule has 1 N–H and O–H groups in total. The molecule has 0 amide bonds. The number of benzene rings is 1. The van der Waals surface area contributed by atoms with Crippen LogP contribution < -0.4 is 5.32 Å². The molecule has 0 bridgehead atoms. The van der Waals surface area contributed by atoms with E-state index in [1.54, 1.807) is 0 Å². The van der Waals surface area contributed by atoms with E-state index >= 15 is 0 Å². The molecule has 0 radical (unpaired) electrons. The summed E-state index contributed by atoms with van der Waals surface area (Å²) in [5, 5.41) is 3.43. The second kappa shape index (κ2) is 5.24. The summed E-state index contributed by atoms with van der Waals surface area (Å²) in [7, 11) is 0. The molecule has 1 aliphatic rings. The third-order valence-electron chi connectivity index (χ3n) is 2.69. The third-order valence-corrected chi connectivity index (χ3v) is 2.69. The molecule has 1 atom stereocenters. The Bertz CT molecular complexity index is 293. The van der Waals surface area contributed by atoms with Gasteiger partial charge in [0.05, 0.1) is 6.61 Å². The van der Waals surface area contributed by atoms with E-state index in [0.29, 0.717) is 6.04 Å². The van der Waals surface area contributed by atoms with Crippen molar-refractivity contribution in [2.45, 2.75) is 18.9 Å². The maximum Gasteiger partial charge on any atom is 0.123 e. The molecule has 1 saturated heterocycles. The van der Waals surface area contributed by atoms with Crippen LogP contribution in [0.25, 0.3) is 0 Å². The first-order chi connectivity index (χ1) is 7.34. The van der Waals surface area contributed by atoms with Crippen LogP contribution in [-0.4, -0.2) is 25.8 Å². The molecule has 0 saturated carbocycles. The Kier molecular flexibility index (Phi) is 3.69. The summed E-state index contributed by atoms with van der Waals surface area (Å²) >= 11 is 0. The van der Waals surface area contributed by atoms with Gasteiger partial charge in [-0.05, 0) is 37.1 Å². The number of nitrogens with one attached hydrogen (secondary N) is 1. The molecule has 1 fully saturated rings. The number of rotatable bonds is 4. The molecular formula is C12H16FNO. The van der Waals surface area contributed by atoms with Crippen molar-refractivity contribution in [3.8, 4) is 0 Å². The Balaban J connectivity index is 1.71. The van der Waals surface area contributed by atoms with E-state index < -0.39 is 0 Å². The standard InChI is InChI=1S/C12H16FNO/c13-11-3-1-10(2-4-11)5-7-14-12-6-8-15-9-12/h1-4,12,14H,5-9H2. The molecule has 82 valence electrons. The lowest BCUT2D eigenvalue weighted by Gasteiger charge is -2.09. The first kappa shape index (κ1) is 10.6. The van der Waals surface area contributed by atoms with Crippen molar-refractivity contribution in [1.29, 1.82) is 0 Å². The van der Waals surface area contributed by atoms with Gasteiger partial charge in [-0.2, -0.15) is 0 Å². The minimum atomic E-state index is -0.170. The summed E-state index contributed by atoms with van der Waals surface area (Å²) in [5.41, 5.74) is 1.17. The molecule has 3 heteroatoms. The lowest BCUT2D eigenvalue weighted by molar-refractivity contribution is 0.190. The Morgan fingerprint density at radius 3 is 2.80 bits per heavy atom. The van der Waals surface area contributed by atoms with Crippen molar-refractivity contribution in [3.05, 3.63) is 35.6 Å². The maximum absolute atomic E-state index is 12.6. The number of halogens is 1. The van der Waals surface area contributed by atoms with Crippen molar-refractivity contribution in [2.24, 2.45) is 0 Å². The Labute approximate surface area is 89.4 Å². The van der Waals surface area contributed by atoms with E-state index in [0.717, 1.165) is 32.6 Å². The van der Waals surface area contributed by atoms with Gasteiger partial charge in [0, 0.05) is 12.6 Å². The zero-order valence-corrected chi connectivity index (χ0v) is 8.71. The van der Waals surface area contributed by atoms with E-state index in [-0.39, 0.29) is 5.82 Å². The van der Waals surface area contributed by atoms with Crippen molar-refractivity contribution < 1.29 is 9.13 Å². The van der Waals surface area contributed by atoms with Gasteiger partial charge in [-0.3, -0.25) is 0 Å². The zero-order chi connectivity index (χ0) is 10.5. The van der Waals surface area contributed by atoms with E-state index in [2.05, 4.69) is 5.32 Å². The van der Waals surface area contributed by atoms with Crippen LogP contribution in [-0.2, 0) is 11.2 Å². The summed E-state index contributed by atoms with van der Waals surface area (Å²) in [6.45, 7) is 2.62. The van der Waals surface area contributed by atoms with Crippen molar-refractivity contribution >= 4 is 0 Å². The lowest BCUT2D eigenvalue weighted by Crippen LogP contribution is -2.30. The van der Waals surface area contributed by atoms with Gasteiger partial charge in [0.25, 0.3) is 0 Å². The van der Waals surface area contributed by atoms with E-state index in [1.165, 1.54) is 17.7 Å². The van der Waals surface area contributed by atoms with Gasteiger partial charge < -0.3 is 10.1 Å². The molecule has 0 aromatic heterocycles. The lowest BCUT2D eigenvalue weighted by atomic mass is 10.1. The largest absolute Gasteiger partial charge is 0.380 e. The highest BCUT2D eigenvalue weighted by Crippen LogP contribution is 2.05. The summed E-state index contributed by atoms with van der Waals surface area (Å²) in [6, 6.07) is 7.19. The highest BCUT2D eigenvalue weighted by atomic mass is 19.1. The number of ether oxygens (including phenoxy) is 1. The predicted molar refractivity (Wildman–Crippen MR) is 57.3 cm³/mol. The number of hydrogen-bond acceptors (Lipinski definition) is 2. The molecule has 1 aromatic rings. The van der Waals surface area contributed by atoms with E-state index in [4.69, 9.17) is 4.74 Å². The van der Waals surface area contributed by atoms with Crippen LogP contribution in [0.4, 0.5) is 4.39 Å². The average Bonchev–Trinajstić information content (AvgIpc) is 2.74. The Hall–Kier alpha value is -0.930. The quantitative estimate of drug-likeness (QED) is 0.815. The minimum absolute atomic E-state index is 0.170. The van der Waals surface area contributed by atoms with Gasteiger partial charge in [0.1, 0.15) is 5.82 Å². The average molecular weight is 209 g/mol. The molecule has 15 heavy (non-hydrogen) atoms. The molecule has 2 nitrogen and oxygen atoms in total. The normalized spacial score (nSPS) is 20.7. The Morgan fingerprint density at radius 2 is 2.13 bits per heavy atom. The van der Waals surface area contributed by atoms with Crippen LogP contribution in [0.5, 0.6) is 0 Å². The van der Waals surface area contributed by atoms with Crippen molar-refractivity contribution in [1.82, 2.24) is 5.32 Å². The summed E-state index contributed by atoms with van der Waals surface area (Å²) in [5.74, 6) is -0.170. The van der Waals surface area contributed by atoms with Gasteiger partial charge in [0.2, 0.25) is 0 Å². The Morgan fingerprint density at radius 1 is 1.33 bits per heavy atom. The minimum Gasteiger partial charge on any atom is -0.380 e. The molecule has 2 rings (SSSR count). The van der Waals surface area contributed by atoms with Gasteiger partial charge in [-0.1, -0.05) is 12.1 Å². The van der Waals surface area contributed by atoms with Gasteiger partial charge in [-0.15, -0.1) is 0 Å². The molecule has 1 heterocycles. The van der Waals surface area contributed by atoms with Crippen LogP contribution in [0.3, 0.4) is 0 Å². The highest BCUT2D eigenvalue weighted by molar-refractivity contribution is 5.16. The van der Waals surface area contributed by atoms with E-state index in [1.807, 2.05) is 12.1 Å². The van der Waals surface area contributed by atoms with Crippen LogP contribution in [0.2, 0.25) is 0 Å². The molecule has 0 spiro atoms. The second-order valence-corrected chi connectivity index (χ2v) is 3.89. The molecule has 1 unspecified atom stereocenters. The number of hydrogen-bond donors (Lipinski definition) is 1. The molecule has 0 aliphatic carbocycles. The monoisotopic (exact) mass is 209 g/mol. The van der Waals surface area contributed by atoms with Crippen LogP contribution in [0.15, 0.2) is 24.3 Å². The summed E-state index contributed by atoms with van der Waals surface area (Å²) < 4.78 is 17.9. The van der Waals surface area contributed by atoms with Gasteiger partial charge in [0.15, 0.2) is 0 Å². The smallest absolute Gasteiger partial charge is 0.123 e. The van der Waals surface area contributed by atoms with Crippen molar-refractivity contribution in [3.63, 3.8) is 0 Å². The van der Waals surface area contributed by atoms with Crippen molar-refractivity contribution in [2.75, 3.05) is 19.8 Å². The predicted octanol–water partition coefficient (Wildman–Crippen LogP) is 1.75. The van der Waals surface area contributed by atoms with Crippen LogP contribution in [0.1, 0.15) is 12.0 Å². The first-order valence-corrected chi connectivity index (χ1v) is 5.40. The van der Waals surface area contributed by atoms with Crippen LogP contribution >= 0.6 is 0 Å². The summed E-state index contributed by atoms with van der Waals surface area (Å²) in [6.07, 6.45) is 2.04. The summed E-state index contributed by atoms with van der Waals surface area (Å²) in [4.78, 5) is 0. The van der Waals surface area contributed by atoms with Crippen LogP contribution in [0, 0.1) is 5.82 Å². The molecule has 1 aliphatic heterocycles. The molecular weight excluding hydrogens is 193 g/mol. The van der Waals surface area contributed by atoms with Gasteiger partial charge in [-0.25, -0.2) is 4.39 Å². The highest BCUT2D eigenvalue weighted by Gasteiger charge is 2.13. The SMILES string of the molecule is Fc1ccc(CCNC2CCOC2)cc1. The fourth-order valence-corrected chi connectivity index (χ4v) is 1.77.